The fourth-order valence-electron chi connectivity index (χ4n) is 5.06. The average molecular weight is 418 g/mol. The number of H-pyrrole nitrogens is 1. The minimum atomic E-state index is 0.866. The van der Waals surface area contributed by atoms with Crippen LogP contribution in [0, 0.1) is 13.8 Å². The summed E-state index contributed by atoms with van der Waals surface area (Å²) in [6, 6.07) is 8.67. The van der Waals surface area contributed by atoms with Crippen molar-refractivity contribution in [3.63, 3.8) is 0 Å². The number of aromatic amines is 1. The molecule has 4 aromatic rings. The van der Waals surface area contributed by atoms with Crippen LogP contribution < -0.4 is 4.90 Å². The number of hydrogen-bond acceptors (Lipinski definition) is 5. The van der Waals surface area contributed by atoms with Crippen molar-refractivity contribution in [3.05, 3.63) is 51.8 Å². The molecule has 6 heteroatoms. The Labute approximate surface area is 180 Å². The van der Waals surface area contributed by atoms with Crippen molar-refractivity contribution in [2.75, 3.05) is 24.5 Å². The van der Waals surface area contributed by atoms with Crippen molar-refractivity contribution in [1.82, 2.24) is 19.9 Å². The Morgan fingerprint density at radius 2 is 1.90 bits per heavy atom. The van der Waals surface area contributed by atoms with Crippen molar-refractivity contribution >= 4 is 38.3 Å². The smallest absolute Gasteiger partial charge is 0.146 e. The predicted molar refractivity (Wildman–Crippen MR) is 124 cm³/mol. The molecule has 2 aliphatic heterocycles. The molecule has 0 spiro atoms. The third-order valence-electron chi connectivity index (χ3n) is 6.80. The lowest BCUT2D eigenvalue weighted by Gasteiger charge is -2.29. The Morgan fingerprint density at radius 3 is 2.77 bits per heavy atom. The molecule has 5 nitrogen and oxygen atoms in total. The van der Waals surface area contributed by atoms with Crippen LogP contribution in [0.2, 0.25) is 0 Å². The van der Waals surface area contributed by atoms with E-state index in [-0.39, 0.29) is 0 Å². The zero-order valence-corrected chi connectivity index (χ0v) is 18.5. The zero-order chi connectivity index (χ0) is 20.2. The fraction of sp³-hybridized carbons (Fsp3) is 0.417. The van der Waals surface area contributed by atoms with E-state index in [1.54, 1.807) is 0 Å². The number of hydrogen-bond donors (Lipinski definition) is 1. The molecule has 154 valence electrons. The van der Waals surface area contributed by atoms with Crippen molar-refractivity contribution in [2.24, 2.45) is 0 Å². The normalized spacial score (nSPS) is 17.3. The van der Waals surface area contributed by atoms with Crippen LogP contribution in [0.25, 0.3) is 21.1 Å². The highest BCUT2D eigenvalue weighted by molar-refractivity contribution is 7.18. The van der Waals surface area contributed by atoms with Crippen LogP contribution in [-0.4, -0.2) is 39.5 Å². The van der Waals surface area contributed by atoms with Gasteiger partial charge in [-0.25, -0.2) is 9.97 Å². The lowest BCUT2D eigenvalue weighted by molar-refractivity contribution is 0.323. The summed E-state index contributed by atoms with van der Waals surface area (Å²) in [6.07, 6.45) is 3.61. The quantitative estimate of drug-likeness (QED) is 0.512. The summed E-state index contributed by atoms with van der Waals surface area (Å²) in [6.45, 7) is 9.53. The summed E-state index contributed by atoms with van der Waals surface area (Å²) in [5, 5.41) is 2.60. The first kappa shape index (κ1) is 18.3. The second kappa shape index (κ2) is 7.06. The number of aromatic nitrogens is 3. The van der Waals surface area contributed by atoms with E-state index >= 15 is 0 Å². The Balaban J connectivity index is 1.44. The molecule has 30 heavy (non-hydrogen) atoms. The van der Waals surface area contributed by atoms with Gasteiger partial charge in [0.15, 0.2) is 0 Å². The van der Waals surface area contributed by atoms with Gasteiger partial charge in [-0.2, -0.15) is 0 Å². The van der Waals surface area contributed by atoms with Gasteiger partial charge < -0.3 is 9.88 Å². The Hall–Kier alpha value is -2.44. The predicted octanol–water partition coefficient (Wildman–Crippen LogP) is 4.95. The Kier molecular flexibility index (Phi) is 4.32. The van der Waals surface area contributed by atoms with Gasteiger partial charge >= 0.3 is 0 Å². The van der Waals surface area contributed by atoms with E-state index in [1.165, 1.54) is 63.9 Å². The Morgan fingerprint density at radius 1 is 1.07 bits per heavy atom. The first-order valence-electron chi connectivity index (χ1n) is 11.0. The molecule has 0 amide bonds. The van der Waals surface area contributed by atoms with E-state index in [2.05, 4.69) is 52.9 Å². The van der Waals surface area contributed by atoms with Crippen molar-refractivity contribution in [1.29, 1.82) is 0 Å². The average Bonchev–Trinajstić information content (AvgIpc) is 3.46. The molecule has 0 atom stereocenters. The topological polar surface area (TPSA) is 48.1 Å². The van der Waals surface area contributed by atoms with Crippen LogP contribution >= 0.6 is 11.3 Å². The molecule has 0 unspecified atom stereocenters. The molecule has 0 radical (unpaired) electrons. The summed E-state index contributed by atoms with van der Waals surface area (Å²) < 4.78 is 0. The minimum absolute atomic E-state index is 0.866. The van der Waals surface area contributed by atoms with Crippen LogP contribution in [0.4, 0.5) is 5.82 Å². The zero-order valence-electron chi connectivity index (χ0n) is 17.7. The van der Waals surface area contributed by atoms with Crippen LogP contribution in [0.1, 0.15) is 40.4 Å². The number of likely N-dealkylation sites (tertiary alicyclic amines) is 1. The highest BCUT2D eigenvalue weighted by Crippen LogP contribution is 2.38. The summed E-state index contributed by atoms with van der Waals surface area (Å²) in [7, 11) is 0. The Bertz CT molecular complexity index is 1250. The SMILES string of the molecule is Cc1sc2nc(CN3CCCC3)nc(N3CCc4[nH]c5ccccc5c4C3)c2c1C. The van der Waals surface area contributed by atoms with E-state index in [0.717, 1.165) is 42.5 Å². The molecule has 0 aliphatic carbocycles. The number of fused-ring (bicyclic) bond motifs is 4. The second-order valence-corrected chi connectivity index (χ2v) is 9.91. The first-order valence-corrected chi connectivity index (χ1v) is 11.8. The molecular formula is C24H27N5S. The molecule has 2 aliphatic rings. The summed E-state index contributed by atoms with van der Waals surface area (Å²) in [5.74, 6) is 2.11. The van der Waals surface area contributed by atoms with E-state index < -0.39 is 0 Å². The maximum absolute atomic E-state index is 5.17. The fourth-order valence-corrected chi connectivity index (χ4v) is 6.10. The summed E-state index contributed by atoms with van der Waals surface area (Å²) in [5.41, 5.74) is 5.39. The lowest BCUT2D eigenvalue weighted by Crippen LogP contribution is -2.31. The molecule has 6 rings (SSSR count). The first-order chi connectivity index (χ1) is 14.7. The molecule has 0 saturated carbocycles. The maximum Gasteiger partial charge on any atom is 0.146 e. The van der Waals surface area contributed by atoms with Gasteiger partial charge in [-0.15, -0.1) is 11.3 Å². The largest absolute Gasteiger partial charge is 0.358 e. The lowest BCUT2D eigenvalue weighted by atomic mass is 10.0. The van der Waals surface area contributed by atoms with Crippen molar-refractivity contribution in [2.45, 2.75) is 46.2 Å². The van der Waals surface area contributed by atoms with Gasteiger partial charge in [0, 0.05) is 46.5 Å². The van der Waals surface area contributed by atoms with E-state index in [1.807, 2.05) is 11.3 Å². The van der Waals surface area contributed by atoms with Crippen LogP contribution in [0.15, 0.2) is 24.3 Å². The van der Waals surface area contributed by atoms with Gasteiger partial charge in [-0.1, -0.05) is 18.2 Å². The summed E-state index contributed by atoms with van der Waals surface area (Å²) in [4.78, 5) is 21.3. The molecule has 1 N–H and O–H groups in total. The number of para-hydroxylation sites is 1. The van der Waals surface area contributed by atoms with Gasteiger partial charge in [0.2, 0.25) is 0 Å². The highest BCUT2D eigenvalue weighted by Gasteiger charge is 2.26. The van der Waals surface area contributed by atoms with Crippen LogP contribution in [0.5, 0.6) is 0 Å². The third kappa shape index (κ3) is 2.93. The minimum Gasteiger partial charge on any atom is -0.358 e. The molecule has 3 aromatic heterocycles. The standard InChI is InChI=1S/C24H27N5S/c1-15-16(2)30-24-22(15)23(26-21(27-24)14-28-10-5-6-11-28)29-12-9-20-18(13-29)17-7-3-4-8-19(17)25-20/h3-4,7-8,25H,5-6,9-14H2,1-2H3. The van der Waals surface area contributed by atoms with E-state index in [9.17, 15) is 0 Å². The number of aryl methyl sites for hydroxylation is 2. The van der Waals surface area contributed by atoms with Crippen LogP contribution in [0.3, 0.4) is 0 Å². The third-order valence-corrected chi connectivity index (χ3v) is 7.90. The van der Waals surface area contributed by atoms with Crippen molar-refractivity contribution in [3.8, 4) is 0 Å². The number of rotatable bonds is 3. The monoisotopic (exact) mass is 417 g/mol. The highest BCUT2D eigenvalue weighted by atomic mass is 32.1. The molecule has 1 saturated heterocycles. The number of thiophene rings is 1. The van der Waals surface area contributed by atoms with E-state index in [4.69, 9.17) is 9.97 Å². The van der Waals surface area contributed by atoms with E-state index in [0.29, 0.717) is 0 Å². The molecule has 5 heterocycles. The van der Waals surface area contributed by atoms with Gasteiger partial charge in [-0.05, 0) is 51.4 Å². The van der Waals surface area contributed by atoms with Gasteiger partial charge in [-0.3, -0.25) is 4.90 Å². The molecular weight excluding hydrogens is 390 g/mol. The molecule has 1 fully saturated rings. The summed E-state index contributed by atoms with van der Waals surface area (Å²) >= 11 is 1.82. The number of nitrogens with one attached hydrogen (secondary N) is 1. The number of nitrogens with zero attached hydrogens (tertiary/aromatic N) is 4. The van der Waals surface area contributed by atoms with Gasteiger partial charge in [0.1, 0.15) is 16.5 Å². The second-order valence-electron chi connectivity index (χ2n) is 8.71. The number of benzene rings is 1. The van der Waals surface area contributed by atoms with Crippen LogP contribution in [-0.2, 0) is 19.5 Å². The van der Waals surface area contributed by atoms with Gasteiger partial charge in [0.05, 0.1) is 11.9 Å². The van der Waals surface area contributed by atoms with Crippen molar-refractivity contribution < 1.29 is 0 Å². The molecule has 1 aromatic carbocycles. The molecule has 0 bridgehead atoms. The number of anilines is 1. The van der Waals surface area contributed by atoms with Gasteiger partial charge in [0.25, 0.3) is 0 Å². The maximum atomic E-state index is 5.17.